The molecule has 0 bridgehead atoms. The van der Waals surface area contributed by atoms with E-state index in [-0.39, 0.29) is 56.6 Å². The summed E-state index contributed by atoms with van der Waals surface area (Å²) in [6, 6.07) is 0. The summed E-state index contributed by atoms with van der Waals surface area (Å²) < 4.78 is 0. The molecule has 0 saturated carbocycles. The van der Waals surface area contributed by atoms with Crippen LogP contribution in [0.4, 0.5) is 0 Å². The largest absolute Gasteiger partial charge is 0.342 e. The summed E-state index contributed by atoms with van der Waals surface area (Å²) in [5.74, 6) is -0.510. The molecule has 0 aromatic heterocycles. The second kappa shape index (κ2) is 25.5. The first-order valence-corrected chi connectivity index (χ1v) is 9.15. The zero-order chi connectivity index (χ0) is 15.6. The molecule has 0 spiro atoms. The minimum atomic E-state index is -0.510. The summed E-state index contributed by atoms with van der Waals surface area (Å²) in [6.45, 7) is 2.27. The van der Waals surface area contributed by atoms with Gasteiger partial charge in [0.1, 0.15) is 0 Å². The summed E-state index contributed by atoms with van der Waals surface area (Å²) in [5.41, 5.74) is 0. The van der Waals surface area contributed by atoms with Gasteiger partial charge in [-0.1, -0.05) is 96.8 Å². The summed E-state index contributed by atoms with van der Waals surface area (Å²) in [7, 11) is 0. The number of carbonyl (C=O) groups excluding carboxylic acids is 1. The van der Waals surface area contributed by atoms with Gasteiger partial charge >= 0.3 is 5.97 Å². The maximum Gasteiger partial charge on any atom is 0.342 e. The number of hydrogen-bond donors (Lipinski definition) is 1. The summed E-state index contributed by atoms with van der Waals surface area (Å²) in [4.78, 5) is 14.3. The van der Waals surface area contributed by atoms with Gasteiger partial charge in [-0.25, -0.2) is 4.79 Å². The van der Waals surface area contributed by atoms with Crippen LogP contribution in [0.25, 0.3) is 0 Å². The molecule has 0 aromatic carbocycles. The quantitative estimate of drug-likeness (QED) is 0.173. The van der Waals surface area contributed by atoms with E-state index < -0.39 is 5.97 Å². The fourth-order valence-corrected chi connectivity index (χ4v) is 2.69. The van der Waals surface area contributed by atoms with E-state index in [1.54, 1.807) is 0 Å². The first-order chi connectivity index (χ1) is 10.3. The van der Waals surface area contributed by atoms with Gasteiger partial charge in [-0.3, -0.25) is 0 Å². The third kappa shape index (κ3) is 25.6. The Balaban J connectivity index is -0.00000200. The van der Waals surface area contributed by atoms with Gasteiger partial charge < -0.3 is 4.89 Å². The zero-order valence-corrected chi connectivity index (χ0v) is 18.0. The Morgan fingerprint density at radius 1 is 0.696 bits per heavy atom. The van der Waals surface area contributed by atoms with Crippen molar-refractivity contribution in [3.63, 3.8) is 0 Å². The standard InChI is InChI=1S/C18H36O3.Ca.Li/c1-2-3-4-5-6-7-8-9-10-11-12-13-14-15-16-17-18(19)21-20;;/h20H,2-17H2,1H3;;. The molecule has 23 heavy (non-hydrogen) atoms. The van der Waals surface area contributed by atoms with Gasteiger partial charge in [0.25, 0.3) is 0 Å². The van der Waals surface area contributed by atoms with Crippen LogP contribution in [0.5, 0.6) is 0 Å². The van der Waals surface area contributed by atoms with Gasteiger partial charge in [0.15, 0.2) is 0 Å². The average Bonchev–Trinajstić information content (AvgIpc) is 2.50. The third-order valence-electron chi connectivity index (χ3n) is 4.09. The minimum Gasteiger partial charge on any atom is -0.301 e. The minimum absolute atomic E-state index is 0. The first-order valence-electron chi connectivity index (χ1n) is 9.15. The molecular formula is C18H36CaLiO3. The molecule has 0 saturated heterocycles. The van der Waals surface area contributed by atoms with Crippen molar-refractivity contribution in [1.82, 2.24) is 0 Å². The van der Waals surface area contributed by atoms with E-state index in [0.717, 1.165) is 12.8 Å². The molecule has 0 heterocycles. The predicted octanol–water partition coefficient (Wildman–Crippen LogP) is 5.50. The molecule has 0 aliphatic heterocycles. The monoisotopic (exact) mass is 347 g/mol. The molecule has 0 aromatic rings. The number of unbranched alkanes of at least 4 members (excludes halogenated alkanes) is 14. The molecule has 0 rings (SSSR count). The predicted molar refractivity (Wildman–Crippen MR) is 99.8 cm³/mol. The van der Waals surface area contributed by atoms with E-state index in [0.29, 0.717) is 6.42 Å². The van der Waals surface area contributed by atoms with Gasteiger partial charge in [-0.15, -0.1) is 0 Å². The molecule has 0 atom stereocenters. The molecule has 5 heteroatoms. The topological polar surface area (TPSA) is 46.5 Å². The Bertz CT molecular complexity index is 228. The van der Waals surface area contributed by atoms with E-state index in [4.69, 9.17) is 5.26 Å². The average molecular weight is 348 g/mol. The molecule has 0 unspecified atom stereocenters. The van der Waals surface area contributed by atoms with Crippen LogP contribution in [0.1, 0.15) is 110 Å². The molecule has 3 nitrogen and oxygen atoms in total. The van der Waals surface area contributed by atoms with Crippen molar-refractivity contribution in [3.8, 4) is 0 Å². The van der Waals surface area contributed by atoms with E-state index in [1.807, 2.05) is 0 Å². The van der Waals surface area contributed by atoms with Crippen LogP contribution in [-0.4, -0.2) is 67.8 Å². The molecule has 0 aliphatic carbocycles. The van der Waals surface area contributed by atoms with Crippen molar-refractivity contribution in [2.24, 2.45) is 0 Å². The molecule has 0 fully saturated rings. The molecule has 0 amide bonds. The summed E-state index contributed by atoms with van der Waals surface area (Å²) >= 11 is 0. The number of carbonyl (C=O) groups is 1. The van der Waals surface area contributed by atoms with Crippen molar-refractivity contribution < 1.29 is 14.9 Å². The van der Waals surface area contributed by atoms with Crippen molar-refractivity contribution >= 4 is 62.6 Å². The normalized spacial score (nSPS) is 9.83. The number of rotatable bonds is 16. The maximum absolute atomic E-state index is 10.7. The molecule has 3 radical (unpaired) electrons. The Morgan fingerprint density at radius 2 is 1.00 bits per heavy atom. The molecule has 129 valence electrons. The zero-order valence-electron chi connectivity index (χ0n) is 15.8. The van der Waals surface area contributed by atoms with Crippen LogP contribution in [-0.2, 0) is 9.68 Å². The fourth-order valence-electron chi connectivity index (χ4n) is 2.69. The van der Waals surface area contributed by atoms with Crippen LogP contribution in [0, 0.1) is 0 Å². The fraction of sp³-hybridized carbons (Fsp3) is 0.944. The Kier molecular flexibility index (Phi) is 32.3. The van der Waals surface area contributed by atoms with Crippen LogP contribution in [0.15, 0.2) is 0 Å². The maximum atomic E-state index is 10.7. The van der Waals surface area contributed by atoms with Crippen LogP contribution in [0.3, 0.4) is 0 Å². The Hall–Kier alpha value is 1.29. The Morgan fingerprint density at radius 3 is 1.30 bits per heavy atom. The van der Waals surface area contributed by atoms with Crippen molar-refractivity contribution in [1.29, 1.82) is 0 Å². The van der Waals surface area contributed by atoms with Crippen LogP contribution < -0.4 is 0 Å². The van der Waals surface area contributed by atoms with Crippen LogP contribution >= 0.6 is 0 Å². The second-order valence-corrected chi connectivity index (χ2v) is 6.16. The van der Waals surface area contributed by atoms with Gasteiger partial charge in [0, 0.05) is 63.0 Å². The van der Waals surface area contributed by atoms with Crippen molar-refractivity contribution in [2.75, 3.05) is 0 Å². The molecule has 0 aliphatic rings. The van der Waals surface area contributed by atoms with Gasteiger partial charge in [0.05, 0.1) is 0 Å². The van der Waals surface area contributed by atoms with Crippen LogP contribution in [0.2, 0.25) is 0 Å². The van der Waals surface area contributed by atoms with Gasteiger partial charge in [-0.2, -0.15) is 5.26 Å². The first kappa shape index (κ1) is 29.1. The SMILES string of the molecule is CCCCCCCCCCCCCCCCCC(=O)OO.[Ca].[Li]. The van der Waals surface area contributed by atoms with Gasteiger partial charge in [-0.05, 0) is 6.42 Å². The van der Waals surface area contributed by atoms with Crippen molar-refractivity contribution in [2.45, 2.75) is 110 Å². The van der Waals surface area contributed by atoms with E-state index in [1.165, 1.54) is 83.5 Å². The molecule has 1 N–H and O–H groups in total. The Labute approximate surface area is 185 Å². The molecular weight excluding hydrogens is 311 g/mol. The third-order valence-corrected chi connectivity index (χ3v) is 4.09. The van der Waals surface area contributed by atoms with Gasteiger partial charge in [0.2, 0.25) is 0 Å². The smallest absolute Gasteiger partial charge is 0.301 e. The van der Waals surface area contributed by atoms with E-state index in [9.17, 15) is 4.79 Å². The number of hydrogen-bond acceptors (Lipinski definition) is 3. The summed E-state index contributed by atoms with van der Waals surface area (Å²) in [5, 5.41) is 8.10. The summed E-state index contributed by atoms with van der Waals surface area (Å²) in [6.07, 6.45) is 20.0. The van der Waals surface area contributed by atoms with E-state index in [2.05, 4.69) is 11.8 Å². The van der Waals surface area contributed by atoms with E-state index >= 15 is 0 Å². The second-order valence-electron chi connectivity index (χ2n) is 6.16. The van der Waals surface area contributed by atoms with Crippen molar-refractivity contribution in [3.05, 3.63) is 0 Å².